The van der Waals surface area contributed by atoms with E-state index in [-0.39, 0.29) is 22.9 Å². The first-order valence-corrected chi connectivity index (χ1v) is 10.1. The van der Waals surface area contributed by atoms with Crippen molar-refractivity contribution in [1.29, 1.82) is 0 Å². The van der Waals surface area contributed by atoms with Gasteiger partial charge in [0.25, 0.3) is 0 Å². The van der Waals surface area contributed by atoms with Crippen LogP contribution in [-0.4, -0.2) is 54.5 Å². The number of aliphatic hydroxyl groups is 1. The summed E-state index contributed by atoms with van der Waals surface area (Å²) in [5.41, 5.74) is 1.44. The van der Waals surface area contributed by atoms with Crippen LogP contribution in [0.5, 0.6) is 0 Å². The number of hydrogen-bond acceptors (Lipinski definition) is 7. The van der Waals surface area contributed by atoms with Gasteiger partial charge in [-0.1, -0.05) is 23.4 Å². The fourth-order valence-electron chi connectivity index (χ4n) is 3.39. The molecule has 4 rings (SSSR count). The molecule has 166 valence electrons. The lowest BCUT2D eigenvalue weighted by atomic mass is 10.0. The Balaban J connectivity index is 1.32. The van der Waals surface area contributed by atoms with Gasteiger partial charge in [-0.05, 0) is 19.9 Å². The average molecular weight is 433 g/mol. The Morgan fingerprint density at radius 3 is 2.68 bits per heavy atom. The summed E-state index contributed by atoms with van der Waals surface area (Å²) < 4.78 is 40.2. The summed E-state index contributed by atoms with van der Waals surface area (Å²) in [5, 5.41) is 13.3. The second-order valence-electron chi connectivity index (χ2n) is 8.16. The third-order valence-electron chi connectivity index (χ3n) is 5.27. The highest BCUT2D eigenvalue weighted by Crippen LogP contribution is 2.29. The van der Waals surface area contributed by atoms with Crippen molar-refractivity contribution in [2.45, 2.75) is 26.2 Å². The summed E-state index contributed by atoms with van der Waals surface area (Å²) in [5.74, 6) is -1.39. The Hall–Kier alpha value is -2.62. The molecule has 0 radical (unpaired) electrons. The lowest BCUT2D eigenvalue weighted by molar-refractivity contribution is -0.266. The Morgan fingerprint density at radius 2 is 2.00 bits per heavy atom. The fraction of sp³-hybridized carbons (Fsp3) is 0.455. The van der Waals surface area contributed by atoms with Crippen molar-refractivity contribution in [2.75, 3.05) is 37.8 Å². The largest absolute Gasteiger partial charge is 0.395 e. The van der Waals surface area contributed by atoms with E-state index in [0.717, 1.165) is 5.71 Å². The highest BCUT2D eigenvalue weighted by atomic mass is 19.1. The molecule has 31 heavy (non-hydrogen) atoms. The topological polar surface area (TPSA) is 76.4 Å². The minimum absolute atomic E-state index is 0.116. The van der Waals surface area contributed by atoms with Crippen molar-refractivity contribution in [3.63, 3.8) is 0 Å². The minimum Gasteiger partial charge on any atom is -0.395 e. The molecule has 0 aliphatic carbocycles. The Labute approximate surface area is 179 Å². The van der Waals surface area contributed by atoms with E-state index in [2.05, 4.69) is 10.1 Å². The molecule has 2 aliphatic heterocycles. The van der Waals surface area contributed by atoms with Crippen LogP contribution in [0.1, 0.15) is 19.4 Å². The molecule has 1 N–H and O–H groups in total. The molecule has 7 nitrogen and oxygen atoms in total. The highest BCUT2D eigenvalue weighted by molar-refractivity contribution is 5.99. The Bertz CT molecular complexity index is 965. The van der Waals surface area contributed by atoms with Gasteiger partial charge in [-0.3, -0.25) is 0 Å². The van der Waals surface area contributed by atoms with E-state index in [9.17, 15) is 13.9 Å². The van der Waals surface area contributed by atoms with Crippen LogP contribution in [0.15, 0.2) is 35.6 Å². The quantitative estimate of drug-likeness (QED) is 0.706. The van der Waals surface area contributed by atoms with Crippen molar-refractivity contribution in [2.24, 2.45) is 11.1 Å². The van der Waals surface area contributed by atoms with Crippen LogP contribution in [0, 0.1) is 17.6 Å². The molecule has 9 heteroatoms. The number of nitrogens with zero attached hydrogens (tertiary/aromatic N) is 3. The predicted molar refractivity (Wildman–Crippen MR) is 111 cm³/mol. The summed E-state index contributed by atoms with van der Waals surface area (Å²) in [6.07, 6.45) is 1.42. The zero-order valence-corrected chi connectivity index (χ0v) is 17.5. The molecule has 0 bridgehead atoms. The number of ether oxygens (including phenoxy) is 2. The molecule has 1 aromatic heterocycles. The number of rotatable bonds is 6. The summed E-state index contributed by atoms with van der Waals surface area (Å²) in [4.78, 5) is 11.3. The molecule has 3 heterocycles. The lowest BCUT2D eigenvalue weighted by Crippen LogP contribution is -2.48. The SMILES string of the molecule is CC1(C)OCC(CON=C2CN(c3ncc(-c4cccc(CO)c4F)cc3F)C2)CO1. The van der Waals surface area contributed by atoms with Gasteiger partial charge in [-0.15, -0.1) is 0 Å². The molecule has 0 amide bonds. The van der Waals surface area contributed by atoms with Crippen molar-refractivity contribution >= 4 is 11.5 Å². The minimum atomic E-state index is -0.577. The second kappa shape index (κ2) is 8.86. The summed E-state index contributed by atoms with van der Waals surface area (Å²) in [7, 11) is 0. The third-order valence-corrected chi connectivity index (χ3v) is 5.27. The van der Waals surface area contributed by atoms with E-state index in [1.54, 1.807) is 11.0 Å². The molecule has 2 aromatic rings. The van der Waals surface area contributed by atoms with Crippen LogP contribution in [0.25, 0.3) is 11.1 Å². The zero-order valence-electron chi connectivity index (χ0n) is 17.5. The molecule has 2 saturated heterocycles. The molecule has 0 spiro atoms. The summed E-state index contributed by atoms with van der Waals surface area (Å²) >= 11 is 0. The number of hydrogen-bond donors (Lipinski definition) is 1. The Kier molecular flexibility index (Phi) is 6.17. The van der Waals surface area contributed by atoms with Gasteiger partial charge in [0.1, 0.15) is 12.4 Å². The molecule has 0 atom stereocenters. The number of anilines is 1. The van der Waals surface area contributed by atoms with E-state index in [1.807, 2.05) is 13.8 Å². The number of aliphatic hydroxyl groups excluding tert-OH is 1. The lowest BCUT2D eigenvalue weighted by Gasteiger charge is -2.35. The van der Waals surface area contributed by atoms with Gasteiger partial charge < -0.3 is 24.3 Å². The number of oxime groups is 1. The van der Waals surface area contributed by atoms with Gasteiger partial charge in [0.05, 0.1) is 38.6 Å². The first-order chi connectivity index (χ1) is 14.9. The van der Waals surface area contributed by atoms with Gasteiger partial charge in [0.2, 0.25) is 0 Å². The molecule has 0 saturated carbocycles. The van der Waals surface area contributed by atoms with E-state index in [4.69, 9.17) is 14.3 Å². The van der Waals surface area contributed by atoms with Gasteiger partial charge in [0, 0.05) is 28.8 Å². The standard InChI is InChI=1S/C22H25F2N3O4/c1-22(2)29-11-14(12-30-22)13-31-26-17-8-27(9-17)21-19(23)6-16(7-25-21)18-5-3-4-15(10-28)20(18)24/h3-7,14,28H,8-13H2,1-2H3. The van der Waals surface area contributed by atoms with Crippen molar-refractivity contribution < 1.29 is 28.2 Å². The summed E-state index contributed by atoms with van der Waals surface area (Å²) in [6, 6.07) is 5.87. The molecule has 2 fully saturated rings. The van der Waals surface area contributed by atoms with Crippen LogP contribution >= 0.6 is 0 Å². The van der Waals surface area contributed by atoms with Crippen molar-refractivity contribution in [3.8, 4) is 11.1 Å². The van der Waals surface area contributed by atoms with E-state index >= 15 is 0 Å². The normalized spacial score (nSPS) is 18.6. The highest BCUT2D eigenvalue weighted by Gasteiger charge is 2.30. The van der Waals surface area contributed by atoms with Crippen LogP contribution in [0.4, 0.5) is 14.6 Å². The smallest absolute Gasteiger partial charge is 0.166 e. The maximum Gasteiger partial charge on any atom is 0.166 e. The zero-order chi connectivity index (χ0) is 22.0. The third kappa shape index (κ3) is 4.84. The molecule has 0 unspecified atom stereocenters. The first-order valence-electron chi connectivity index (χ1n) is 10.1. The maximum absolute atomic E-state index is 14.6. The molecule has 1 aromatic carbocycles. The second-order valence-corrected chi connectivity index (χ2v) is 8.16. The average Bonchev–Trinajstić information content (AvgIpc) is 2.71. The van der Waals surface area contributed by atoms with Crippen molar-refractivity contribution in [1.82, 2.24) is 4.98 Å². The molecular formula is C22H25F2N3O4. The number of halogens is 2. The van der Waals surface area contributed by atoms with E-state index in [1.165, 1.54) is 24.4 Å². The van der Waals surface area contributed by atoms with Gasteiger partial charge in [0.15, 0.2) is 17.4 Å². The maximum atomic E-state index is 14.6. The number of benzene rings is 1. The molecule has 2 aliphatic rings. The van der Waals surface area contributed by atoms with E-state index in [0.29, 0.717) is 38.5 Å². The van der Waals surface area contributed by atoms with Gasteiger partial charge in [-0.2, -0.15) is 0 Å². The van der Waals surface area contributed by atoms with Gasteiger partial charge in [-0.25, -0.2) is 13.8 Å². The number of pyridine rings is 1. The van der Waals surface area contributed by atoms with Crippen LogP contribution in [0.3, 0.4) is 0 Å². The number of aromatic nitrogens is 1. The van der Waals surface area contributed by atoms with Crippen molar-refractivity contribution in [3.05, 3.63) is 47.7 Å². The summed E-state index contributed by atoms with van der Waals surface area (Å²) in [6.45, 7) is 5.61. The first kappa shape index (κ1) is 21.6. The van der Waals surface area contributed by atoms with Crippen LogP contribution in [0.2, 0.25) is 0 Å². The monoisotopic (exact) mass is 433 g/mol. The predicted octanol–water partition coefficient (Wildman–Crippen LogP) is 3.11. The Morgan fingerprint density at radius 1 is 1.26 bits per heavy atom. The molecular weight excluding hydrogens is 408 g/mol. The van der Waals surface area contributed by atoms with E-state index < -0.39 is 24.0 Å². The van der Waals surface area contributed by atoms with Crippen LogP contribution in [-0.2, 0) is 20.9 Å². The van der Waals surface area contributed by atoms with Gasteiger partial charge >= 0.3 is 0 Å². The van der Waals surface area contributed by atoms with Crippen LogP contribution < -0.4 is 4.90 Å². The fourth-order valence-corrected chi connectivity index (χ4v) is 3.39.